The van der Waals surface area contributed by atoms with E-state index in [9.17, 15) is 17.5 Å². The summed E-state index contributed by atoms with van der Waals surface area (Å²) in [6.45, 7) is 29.3. The average molecular weight is 1780 g/mol. The number of piperazine rings is 2. The number of nitrogens with two attached hydrogens (primary N) is 1. The molecule has 0 unspecified atom stereocenters. The van der Waals surface area contributed by atoms with Crippen LogP contribution in [0.15, 0.2) is 136 Å². The zero-order valence-electron chi connectivity index (χ0n) is 67.8. The normalized spacial score (nSPS) is 15.4. The van der Waals surface area contributed by atoms with Crippen molar-refractivity contribution in [2.75, 3.05) is 172 Å². The number of aliphatic hydroxyl groups is 1. The molecule has 7 N–H and O–H groups in total. The van der Waals surface area contributed by atoms with E-state index in [4.69, 9.17) is 54.3 Å². The van der Waals surface area contributed by atoms with E-state index in [-0.39, 0.29) is 10.2 Å². The number of anilines is 9. The lowest BCUT2D eigenvalue weighted by Gasteiger charge is -2.43. The van der Waals surface area contributed by atoms with Gasteiger partial charge < -0.3 is 65.0 Å². The molecule has 0 bridgehead atoms. The van der Waals surface area contributed by atoms with Gasteiger partial charge in [0.2, 0.25) is 11.2 Å². The number of nitrogen functional groups attached to an aromatic ring is 1. The first-order valence-electron chi connectivity index (χ1n) is 38.5. The fourth-order valence-corrected chi connectivity index (χ4v) is 17.4. The van der Waals surface area contributed by atoms with E-state index >= 15 is 0 Å². The Hall–Kier alpha value is -8.38. The highest BCUT2D eigenvalue weighted by molar-refractivity contribution is 9.11. The van der Waals surface area contributed by atoms with Crippen LogP contribution in [0.5, 0.6) is 11.5 Å². The number of hydrogen-bond acceptors (Lipinski definition) is 23. The Kier molecular flexibility index (Phi) is 33.2. The summed E-state index contributed by atoms with van der Waals surface area (Å²) in [7, 11) is -1.51. The first kappa shape index (κ1) is 90.5. The fourth-order valence-electron chi connectivity index (χ4n) is 13.9. The Balaban J connectivity index is 0.000000192. The topological polar surface area (TPSA) is 296 Å². The molecule has 4 aromatic heterocycles. The van der Waals surface area contributed by atoms with Crippen molar-refractivity contribution in [2.24, 2.45) is 0 Å². The quantitative estimate of drug-likeness (QED) is 0.0128. The summed E-state index contributed by atoms with van der Waals surface area (Å²) in [4.78, 5) is 32.6. The molecule has 13 rings (SSSR count). The van der Waals surface area contributed by atoms with Crippen LogP contribution in [0.3, 0.4) is 0 Å². The van der Waals surface area contributed by atoms with Crippen molar-refractivity contribution < 1.29 is 36.7 Å². The number of aliphatic hydroxyl groups excluding tert-OH is 1. The molecular formula is C83H109Br2ClN18O8P2S. The molecule has 616 valence electrons. The number of hydrogen-bond donors (Lipinski definition) is 6. The number of aromatic nitrogens is 8. The van der Waals surface area contributed by atoms with Crippen LogP contribution in [-0.4, -0.2) is 229 Å². The number of methoxy groups -OCH3 is 2. The second-order valence-electron chi connectivity index (χ2n) is 29.4. The molecule has 9 aromatic rings. The molecule has 32 heteroatoms. The third-order valence-electron chi connectivity index (χ3n) is 20.5. The highest BCUT2D eigenvalue weighted by atomic mass is 79.9. The molecule has 0 saturated carbocycles. The van der Waals surface area contributed by atoms with Crippen molar-refractivity contribution in [1.29, 1.82) is 0 Å². The number of ether oxygens (including phenoxy) is 2. The van der Waals surface area contributed by atoms with Gasteiger partial charge >= 0.3 is 0 Å². The standard InChI is InChI=1S/C36H45BrN9O2P.C19H32N4O.C17H14BrClN5OP.C7H8O3S.C4H10O/c1-7-25-22-39-46(24-25)28-9-10-30(34(20-28)49(5,6)47)40-35-29(37)23-38-36(42-35)41-31-19-26(8-2)32(21-33(31)48-4)45-13-11-27(12-14-45)44-17-15-43(3)16-18-44;1-4-15-13-17(20)19(24-3)14-18(15)23-7-5-16(6-8-23)22-11-9-21(2)10-12-22;1-4-11-8-21-24(10-11)12-5-6-14(15(7-12)26(2,3)25)22-16-13(18)9-20-17(19)23-16;1-6-2-4-7(5-3-6)11(8,9)10;1-2-3-4-5/h1,9-10,19-24,27H,8,11-18H2,2-6H3,(H2,38,40,41,42);13-14,16H,4-12,20H2,1-3H3;1,5-10H,2-3H3,(H,20,22,23);2-5H,1H3,(H,8,9,10);5H,2-4H2,1H3. The summed E-state index contributed by atoms with van der Waals surface area (Å²) in [6.07, 6.45) is 29.7. The predicted molar refractivity (Wildman–Crippen MR) is 476 cm³/mol. The number of nitrogens with one attached hydrogen (secondary N) is 3. The SMILES string of the molecule is C#Cc1cnn(-c2ccc(Nc3nc(Cl)ncc3Br)c(P(C)(C)=O)c2)c1.C#Cc1cnn(-c2ccc(Nc3nc(Nc4cc(CC)c(N5CCC(N6CCN(C)CC6)CC5)cc4OC)ncc3Br)c(P(C)(C)=O)c2)c1.CCCCO.CCc1cc(N)c(OC)cc1N1CCC(N2CCN(C)CC2)CC1.Cc1ccc(S(=O)(=O)O)cc1. The van der Waals surface area contributed by atoms with E-state index in [0.29, 0.717) is 72.3 Å². The zero-order valence-corrected chi connectivity index (χ0v) is 74.4. The summed E-state index contributed by atoms with van der Waals surface area (Å²) < 4.78 is 71.8. The van der Waals surface area contributed by atoms with E-state index in [0.717, 1.165) is 124 Å². The number of likely N-dealkylation sites (N-methyl/N-ethyl adjacent to an activating group) is 2. The van der Waals surface area contributed by atoms with Gasteiger partial charge in [0, 0.05) is 156 Å². The number of aryl methyl sites for hydroxylation is 3. The summed E-state index contributed by atoms with van der Waals surface area (Å²) >= 11 is 12.8. The summed E-state index contributed by atoms with van der Waals surface area (Å²) in [5, 5.41) is 28.1. The predicted octanol–water partition coefficient (Wildman–Crippen LogP) is 14.1. The van der Waals surface area contributed by atoms with E-state index in [1.54, 1.807) is 99.6 Å². The molecule has 0 aliphatic carbocycles. The molecule has 4 aliphatic rings. The molecule has 0 radical (unpaired) electrons. The summed E-state index contributed by atoms with van der Waals surface area (Å²) in [5.74, 6) is 8.07. The van der Waals surface area contributed by atoms with E-state index in [1.807, 2.05) is 43.3 Å². The fraction of sp³-hybridized carbons (Fsp3) is 0.422. The van der Waals surface area contributed by atoms with Gasteiger partial charge in [-0.15, -0.1) is 12.8 Å². The Labute approximate surface area is 700 Å². The lowest BCUT2D eigenvalue weighted by molar-refractivity contribution is 0.0982. The minimum absolute atomic E-state index is 0.0666. The molecule has 5 aromatic carbocycles. The van der Waals surface area contributed by atoms with Gasteiger partial charge in [-0.05, 0) is 208 Å². The lowest BCUT2D eigenvalue weighted by Crippen LogP contribution is -2.52. The van der Waals surface area contributed by atoms with Gasteiger partial charge in [-0.2, -0.15) is 28.6 Å². The Bertz CT molecular complexity index is 5040. The zero-order chi connectivity index (χ0) is 83.3. The molecule has 4 saturated heterocycles. The van der Waals surface area contributed by atoms with Crippen LogP contribution in [0.25, 0.3) is 11.4 Å². The van der Waals surface area contributed by atoms with Crippen molar-refractivity contribution >= 4 is 130 Å². The van der Waals surface area contributed by atoms with E-state index < -0.39 is 24.4 Å². The third-order valence-corrected chi connectivity index (χ3v) is 25.8. The van der Waals surface area contributed by atoms with Crippen LogP contribution in [-0.2, 0) is 32.1 Å². The molecule has 0 atom stereocenters. The first-order chi connectivity index (χ1) is 54.9. The van der Waals surface area contributed by atoms with Crippen LogP contribution >= 0.6 is 57.7 Å². The largest absolute Gasteiger partial charge is 0.495 e. The minimum atomic E-state index is -4.02. The van der Waals surface area contributed by atoms with Gasteiger partial charge in [0.25, 0.3) is 10.1 Å². The van der Waals surface area contributed by atoms with Gasteiger partial charge in [-0.3, -0.25) is 14.4 Å². The van der Waals surface area contributed by atoms with Crippen LogP contribution in [0.1, 0.15) is 87.1 Å². The number of piperidine rings is 2. The minimum Gasteiger partial charge on any atom is -0.495 e. The average Bonchev–Trinajstić information content (AvgIpc) is 1.75. The Morgan fingerprint density at radius 3 is 1.44 bits per heavy atom. The number of halogens is 3. The lowest BCUT2D eigenvalue weighted by atomic mass is 9.99. The number of rotatable bonds is 21. The first-order valence-corrected chi connectivity index (χ1v) is 47.1. The molecule has 4 fully saturated rings. The Morgan fingerprint density at radius 2 is 1.04 bits per heavy atom. The van der Waals surface area contributed by atoms with Crippen molar-refractivity contribution in [3.8, 4) is 47.6 Å². The highest BCUT2D eigenvalue weighted by Gasteiger charge is 2.31. The van der Waals surface area contributed by atoms with E-state index in [2.05, 4.69) is 173 Å². The second kappa shape index (κ2) is 42.1. The van der Waals surface area contributed by atoms with Gasteiger partial charge in [0.15, 0.2) is 0 Å². The molecular weight excluding hydrogens is 1670 g/mol. The summed E-state index contributed by atoms with van der Waals surface area (Å²) in [5.41, 5.74) is 17.9. The van der Waals surface area contributed by atoms with Crippen LogP contribution < -0.4 is 51.6 Å². The van der Waals surface area contributed by atoms with Crippen LogP contribution in [0, 0.1) is 31.6 Å². The molecule has 0 amide bonds. The second-order valence-corrected chi connectivity index (χ2v) is 39.3. The molecule has 4 aliphatic heterocycles. The highest BCUT2D eigenvalue weighted by Crippen LogP contribution is 2.43. The van der Waals surface area contributed by atoms with Crippen LogP contribution in [0.4, 0.5) is 51.7 Å². The van der Waals surface area contributed by atoms with Crippen molar-refractivity contribution in [3.63, 3.8) is 0 Å². The molecule has 8 heterocycles. The molecule has 0 spiro atoms. The molecule has 26 nitrogen and oxygen atoms in total. The maximum atomic E-state index is 13.5. The third kappa shape index (κ3) is 25.3. The van der Waals surface area contributed by atoms with E-state index in [1.165, 1.54) is 86.5 Å². The number of terminal acetylenes is 2. The maximum absolute atomic E-state index is 13.5. The van der Waals surface area contributed by atoms with Gasteiger partial charge in [0.1, 0.15) is 37.4 Å². The smallest absolute Gasteiger partial charge is 0.294 e. The number of nitrogens with zero attached hydrogens (tertiary/aromatic N) is 14. The summed E-state index contributed by atoms with van der Waals surface area (Å²) in [6, 6.07) is 27.1. The van der Waals surface area contributed by atoms with Crippen molar-refractivity contribution in [1.82, 2.24) is 59.1 Å². The van der Waals surface area contributed by atoms with Crippen molar-refractivity contribution in [3.05, 3.63) is 164 Å². The van der Waals surface area contributed by atoms with Gasteiger partial charge in [-0.1, -0.05) is 56.7 Å². The van der Waals surface area contributed by atoms with Crippen molar-refractivity contribution in [2.45, 2.75) is 96.0 Å². The van der Waals surface area contributed by atoms with Crippen LogP contribution in [0.2, 0.25) is 5.28 Å². The number of unbranched alkanes of at least 4 members (excludes halogenated alkanes) is 1. The van der Waals surface area contributed by atoms with Gasteiger partial charge in [-0.25, -0.2) is 19.3 Å². The molecule has 115 heavy (non-hydrogen) atoms. The monoisotopic (exact) mass is 1770 g/mol. The Morgan fingerprint density at radius 1 is 0.600 bits per heavy atom. The van der Waals surface area contributed by atoms with Gasteiger partial charge in [0.05, 0.1) is 85.7 Å². The maximum Gasteiger partial charge on any atom is 0.294 e. The number of benzene rings is 5.